The van der Waals surface area contributed by atoms with E-state index in [9.17, 15) is 19.2 Å². The predicted molar refractivity (Wildman–Crippen MR) is 62.8 cm³/mol. The number of carbonyl (C=O) groups is 1. The summed E-state index contributed by atoms with van der Waals surface area (Å²) in [5, 5.41) is 8.10. The molecule has 0 rings (SSSR count). The van der Waals surface area contributed by atoms with Crippen LogP contribution in [0.15, 0.2) is 27.6 Å². The second kappa shape index (κ2) is 32.4. The molecule has 0 heterocycles. The first-order valence-electron chi connectivity index (χ1n) is 4.27. The fourth-order valence-electron chi connectivity index (χ4n) is 0.433. The molecule has 0 bridgehead atoms. The largest absolute Gasteiger partial charge is 0.460 e. The van der Waals surface area contributed by atoms with E-state index in [4.69, 9.17) is 5.11 Å². The van der Waals surface area contributed by atoms with Crippen molar-refractivity contribution in [2.75, 3.05) is 13.2 Å². The van der Waals surface area contributed by atoms with Crippen molar-refractivity contribution in [2.45, 2.75) is 6.29 Å². The minimum Gasteiger partial charge on any atom is -0.460 e. The molecule has 122 valence electrons. The first-order valence-corrected chi connectivity index (χ1v) is 4.27. The van der Waals surface area contributed by atoms with E-state index < -0.39 is 12.3 Å². The molecule has 0 aromatic carbocycles. The van der Waals surface area contributed by atoms with E-state index in [-0.39, 0.29) is 83.8 Å². The van der Waals surface area contributed by atoms with E-state index in [0.29, 0.717) is 0 Å². The number of hydrogen-bond donors (Lipinski definition) is 1. The molecule has 0 aromatic rings. The number of aliphatic hydroxyl groups is 1. The van der Waals surface area contributed by atoms with Crippen molar-refractivity contribution in [1.82, 2.24) is 0 Å². The summed E-state index contributed by atoms with van der Waals surface area (Å²) in [5.41, 5.74) is 0. The maximum absolute atomic E-state index is 10.1. The van der Waals surface area contributed by atoms with Gasteiger partial charge in [0, 0.05) is 69.3 Å². The van der Waals surface area contributed by atoms with Crippen LogP contribution in [0, 0.1) is 7.43 Å². The van der Waals surface area contributed by atoms with Crippen LogP contribution in [0.1, 0.15) is 0 Å². The number of aliphatic imine (C=N–C) groups is 3. The Kier molecular flexibility index (Phi) is 55.2. The molecule has 1 N–H and O–H groups in total. The summed E-state index contributed by atoms with van der Waals surface area (Å²) >= 11 is 0. The van der Waals surface area contributed by atoms with Gasteiger partial charge in [-0.25, -0.2) is 19.2 Å². The summed E-state index contributed by atoms with van der Waals surface area (Å²) in [5.74, 6) is -0.501. The molecule has 12 heteroatoms. The molecule has 22 heavy (non-hydrogen) atoms. The average molecular weight is 822 g/mol. The smallest absolute Gasteiger partial charge is 0.330 e. The quantitative estimate of drug-likeness (QED) is 0.126. The van der Waals surface area contributed by atoms with Crippen LogP contribution in [0.3, 0.4) is 0 Å². The molecule has 0 spiro atoms. The van der Waals surface area contributed by atoms with Gasteiger partial charge >= 0.3 is 5.97 Å². The van der Waals surface area contributed by atoms with Crippen LogP contribution in [0.4, 0.5) is 0 Å². The van der Waals surface area contributed by atoms with Gasteiger partial charge in [0.25, 0.3) is 6.29 Å². The molecule has 0 fully saturated rings. The first kappa shape index (κ1) is 37.5. The number of esters is 1. The van der Waals surface area contributed by atoms with Crippen LogP contribution in [0.25, 0.3) is 0 Å². The van der Waals surface area contributed by atoms with Gasteiger partial charge in [0.1, 0.15) is 6.61 Å². The summed E-state index contributed by atoms with van der Waals surface area (Å²) in [6, 6.07) is 0. The Morgan fingerprint density at radius 3 is 1.68 bits per heavy atom. The Bertz CT molecular complexity index is 373. The summed E-state index contributed by atoms with van der Waals surface area (Å²) in [6.07, 6.45) is 2.88. The molecular formula is C10H12N3O6W3-. The zero-order valence-electron chi connectivity index (χ0n) is 11.3. The van der Waals surface area contributed by atoms with Gasteiger partial charge in [0.15, 0.2) is 0 Å². The zero-order valence-corrected chi connectivity index (χ0v) is 20.1. The van der Waals surface area contributed by atoms with E-state index >= 15 is 0 Å². The van der Waals surface area contributed by atoms with Crippen molar-refractivity contribution in [3.8, 4) is 0 Å². The Morgan fingerprint density at radius 2 is 1.45 bits per heavy atom. The maximum atomic E-state index is 10.1. The van der Waals surface area contributed by atoms with Crippen LogP contribution in [-0.4, -0.2) is 48.8 Å². The van der Waals surface area contributed by atoms with Crippen LogP contribution in [0.2, 0.25) is 0 Å². The number of hydrogen-bond acceptors (Lipinski definition) is 9. The summed E-state index contributed by atoms with van der Waals surface area (Å²) in [7, 11) is 0. The van der Waals surface area contributed by atoms with E-state index in [1.165, 1.54) is 0 Å². The van der Waals surface area contributed by atoms with E-state index in [0.717, 1.165) is 24.3 Å². The second-order valence-electron chi connectivity index (χ2n) is 2.10. The molecule has 0 aliphatic rings. The first-order chi connectivity index (χ1) is 8.65. The maximum Gasteiger partial charge on any atom is 0.330 e. The molecule has 0 saturated heterocycles. The van der Waals surface area contributed by atoms with Crippen LogP contribution in [-0.2, 0) is 87.1 Å². The number of ether oxygens (including phenoxy) is 1. The number of carbonyl (C=O) groups excluding carboxylic acids is 4. The minimum atomic E-state index is -1.37. The van der Waals surface area contributed by atoms with E-state index in [2.05, 4.69) is 26.3 Å². The number of rotatable bonds is 6. The Morgan fingerprint density at radius 1 is 1.09 bits per heavy atom. The molecule has 0 atom stereocenters. The Labute approximate surface area is 170 Å². The predicted octanol–water partition coefficient (Wildman–Crippen LogP) is -0.572. The van der Waals surface area contributed by atoms with Crippen LogP contribution in [0.5, 0.6) is 0 Å². The molecule has 0 unspecified atom stereocenters. The Hall–Kier alpha value is -0.625. The third-order valence-corrected chi connectivity index (χ3v) is 1.01. The zero-order chi connectivity index (χ0) is 14.2. The number of nitrogens with zero attached hydrogens (tertiary/aromatic N) is 3. The van der Waals surface area contributed by atoms with Gasteiger partial charge in [-0.3, -0.25) is 0 Å². The SMILES string of the molecule is C=CC(=O)OCCO.O=C=NC(N=C=O)N=C=O.[CH3-].[W].[W].[W]. The van der Waals surface area contributed by atoms with Crippen molar-refractivity contribution in [3.63, 3.8) is 0 Å². The van der Waals surface area contributed by atoms with E-state index in [1.807, 2.05) is 0 Å². The molecule has 0 aliphatic carbocycles. The van der Waals surface area contributed by atoms with Crippen LogP contribution >= 0.6 is 0 Å². The van der Waals surface area contributed by atoms with Gasteiger partial charge in [-0.15, -0.1) is 0 Å². The molecule has 0 radical (unpaired) electrons. The molecule has 0 aromatic heterocycles. The molecule has 0 saturated carbocycles. The normalized spacial score (nSPS) is 7.32. The van der Waals surface area contributed by atoms with Gasteiger partial charge < -0.3 is 17.3 Å². The van der Waals surface area contributed by atoms with Gasteiger partial charge in [-0.1, -0.05) is 6.58 Å². The fraction of sp³-hybridized carbons (Fsp3) is 0.300. The standard InChI is InChI=1S/C5H8O3.C4HN3O3.CH3.3W/c1-2-5(7)8-4-3-6;8-1-5-4(6-2-9)7-3-10;;;;/h2,6H,1,3-4H2;4H;1H3;;;/q;;-1;;;. The summed E-state index contributed by atoms with van der Waals surface area (Å²) < 4.78 is 4.33. The Balaban J connectivity index is -0.0000000500. The van der Waals surface area contributed by atoms with Crippen molar-refractivity contribution in [3.05, 3.63) is 20.1 Å². The van der Waals surface area contributed by atoms with E-state index in [1.54, 1.807) is 0 Å². The molecular weight excluding hydrogens is 810 g/mol. The van der Waals surface area contributed by atoms with Crippen molar-refractivity contribution >= 4 is 24.2 Å². The van der Waals surface area contributed by atoms with Crippen molar-refractivity contribution in [1.29, 1.82) is 0 Å². The van der Waals surface area contributed by atoms with Gasteiger partial charge in [-0.05, 0) is 0 Å². The van der Waals surface area contributed by atoms with Crippen LogP contribution < -0.4 is 0 Å². The molecule has 0 aliphatic heterocycles. The molecule has 0 amide bonds. The minimum absolute atomic E-state index is 0. The second-order valence-corrected chi connectivity index (χ2v) is 2.10. The monoisotopic (exact) mass is 822 g/mol. The fourth-order valence-corrected chi connectivity index (χ4v) is 0.433. The van der Waals surface area contributed by atoms with Gasteiger partial charge in [-0.2, -0.15) is 15.0 Å². The summed E-state index contributed by atoms with van der Waals surface area (Å²) in [6.45, 7) is 3.06. The van der Waals surface area contributed by atoms with Crippen molar-refractivity contribution < 1.29 is 92.2 Å². The number of isocyanates is 3. The number of aliphatic hydroxyl groups excluding tert-OH is 1. The van der Waals surface area contributed by atoms with Gasteiger partial charge in [0.2, 0.25) is 18.2 Å². The summed E-state index contributed by atoms with van der Waals surface area (Å²) in [4.78, 5) is 47.1. The molecule has 9 nitrogen and oxygen atoms in total. The van der Waals surface area contributed by atoms with Crippen molar-refractivity contribution in [2.24, 2.45) is 15.0 Å². The average Bonchev–Trinajstić information content (AvgIpc) is 2.37. The third kappa shape index (κ3) is 31.7. The third-order valence-electron chi connectivity index (χ3n) is 1.01. The topological polar surface area (TPSA) is 135 Å². The van der Waals surface area contributed by atoms with Gasteiger partial charge in [0.05, 0.1) is 6.61 Å².